The smallest absolute Gasteiger partial charge is 0.416 e. The van der Waals surface area contributed by atoms with E-state index in [1.807, 2.05) is 48.5 Å². The zero-order chi connectivity index (χ0) is 25.2. The van der Waals surface area contributed by atoms with Gasteiger partial charge in [0.05, 0.1) is 11.7 Å². The summed E-state index contributed by atoms with van der Waals surface area (Å²) in [7, 11) is 0. The third kappa shape index (κ3) is 5.49. The number of benzene rings is 3. The minimum Gasteiger partial charge on any atom is -0.449 e. The number of halogens is 3. The van der Waals surface area contributed by atoms with Crippen molar-refractivity contribution < 1.29 is 32.9 Å². The van der Waals surface area contributed by atoms with E-state index in [9.17, 15) is 28.2 Å². The quantitative estimate of drug-likeness (QED) is 0.422. The normalized spacial score (nSPS) is 14.7. The number of fused-ring (bicyclic) bond motifs is 3. The molecule has 0 heterocycles. The van der Waals surface area contributed by atoms with Crippen molar-refractivity contribution in [3.05, 3.63) is 94.5 Å². The molecule has 8 heteroatoms. The average Bonchev–Trinajstić information content (AvgIpc) is 3.15. The Morgan fingerprint density at radius 1 is 1.00 bits per heavy atom. The zero-order valence-electron chi connectivity index (χ0n) is 19.0. The lowest BCUT2D eigenvalue weighted by Gasteiger charge is -2.20. The molecule has 0 aromatic heterocycles. The second kappa shape index (κ2) is 10.1. The number of nitrogens with one attached hydrogen (secondary N) is 1. The summed E-state index contributed by atoms with van der Waals surface area (Å²) < 4.78 is 44.6. The van der Waals surface area contributed by atoms with Crippen molar-refractivity contribution in [1.29, 1.82) is 0 Å². The molecule has 3 aromatic rings. The third-order valence-corrected chi connectivity index (χ3v) is 6.19. The Bertz CT molecular complexity index is 1170. The number of aliphatic hydroxyl groups excluding tert-OH is 2. The predicted molar refractivity (Wildman–Crippen MR) is 125 cm³/mol. The maximum absolute atomic E-state index is 13.0. The van der Waals surface area contributed by atoms with Gasteiger partial charge in [-0.25, -0.2) is 4.79 Å². The molecule has 3 aromatic carbocycles. The molecule has 1 aliphatic rings. The summed E-state index contributed by atoms with van der Waals surface area (Å²) in [6.07, 6.45) is -8.20. The topological polar surface area (TPSA) is 78.8 Å². The fourth-order valence-electron chi connectivity index (χ4n) is 4.50. The van der Waals surface area contributed by atoms with Crippen LogP contribution in [0.4, 0.5) is 18.0 Å². The number of hydrogen-bond acceptors (Lipinski definition) is 4. The van der Waals surface area contributed by atoms with Crippen molar-refractivity contribution in [3.63, 3.8) is 0 Å². The van der Waals surface area contributed by atoms with E-state index >= 15 is 0 Å². The van der Waals surface area contributed by atoms with Gasteiger partial charge < -0.3 is 20.3 Å². The largest absolute Gasteiger partial charge is 0.449 e. The van der Waals surface area contributed by atoms with E-state index in [-0.39, 0.29) is 31.1 Å². The minimum atomic E-state index is -4.56. The van der Waals surface area contributed by atoms with Crippen molar-refractivity contribution >= 4 is 6.09 Å². The van der Waals surface area contributed by atoms with Gasteiger partial charge in [-0.3, -0.25) is 0 Å². The van der Waals surface area contributed by atoms with Crippen LogP contribution in [-0.2, 0) is 10.9 Å². The molecule has 0 spiro atoms. The van der Waals surface area contributed by atoms with Crippen LogP contribution in [0.5, 0.6) is 0 Å². The Labute approximate surface area is 201 Å². The first-order valence-corrected chi connectivity index (χ1v) is 11.3. The van der Waals surface area contributed by atoms with Gasteiger partial charge in [0, 0.05) is 12.5 Å². The van der Waals surface area contributed by atoms with Gasteiger partial charge >= 0.3 is 12.3 Å². The van der Waals surface area contributed by atoms with Crippen molar-refractivity contribution in [1.82, 2.24) is 5.32 Å². The Kier molecular flexibility index (Phi) is 7.14. The van der Waals surface area contributed by atoms with E-state index in [2.05, 4.69) is 5.32 Å². The number of ether oxygens (including phenoxy) is 1. The highest BCUT2D eigenvalue weighted by Gasteiger charge is 2.32. The van der Waals surface area contributed by atoms with E-state index in [0.29, 0.717) is 5.56 Å². The molecule has 2 atom stereocenters. The molecule has 1 aliphatic carbocycles. The number of hydrogen-bond donors (Lipinski definition) is 3. The van der Waals surface area contributed by atoms with Gasteiger partial charge in [-0.1, -0.05) is 60.2 Å². The number of alkyl carbamates (subject to hydrolysis) is 1. The van der Waals surface area contributed by atoms with Gasteiger partial charge in [-0.05, 0) is 53.3 Å². The summed E-state index contributed by atoms with van der Waals surface area (Å²) in [4.78, 5) is 12.2. The van der Waals surface area contributed by atoms with Gasteiger partial charge in [0.1, 0.15) is 12.7 Å². The van der Waals surface area contributed by atoms with Crippen molar-refractivity contribution in [2.24, 2.45) is 0 Å². The summed E-state index contributed by atoms with van der Waals surface area (Å²) in [6.45, 7) is 1.60. The van der Waals surface area contributed by atoms with E-state index in [0.717, 1.165) is 34.4 Å². The fraction of sp³-hybridized carbons (Fsp3) is 0.296. The molecular formula is C27H26F3NO4. The number of carbonyl (C=O) groups excluding carboxylic acids is 1. The molecule has 0 saturated heterocycles. The van der Waals surface area contributed by atoms with Gasteiger partial charge in [0.25, 0.3) is 0 Å². The Hall–Kier alpha value is -3.36. The number of amides is 1. The average molecular weight is 486 g/mol. The van der Waals surface area contributed by atoms with Crippen LogP contribution in [0.25, 0.3) is 11.1 Å². The summed E-state index contributed by atoms with van der Waals surface area (Å²) >= 11 is 0. The second-order valence-electron chi connectivity index (χ2n) is 8.68. The van der Waals surface area contributed by atoms with Crippen molar-refractivity contribution in [2.45, 2.75) is 37.6 Å². The minimum absolute atomic E-state index is 0.0210. The van der Waals surface area contributed by atoms with E-state index in [1.54, 1.807) is 0 Å². The van der Waals surface area contributed by atoms with Gasteiger partial charge in [-0.15, -0.1) is 0 Å². The lowest BCUT2D eigenvalue weighted by atomic mass is 9.97. The maximum Gasteiger partial charge on any atom is 0.416 e. The summed E-state index contributed by atoms with van der Waals surface area (Å²) in [5, 5.41) is 23.1. The summed E-state index contributed by atoms with van der Waals surface area (Å²) in [6, 6.07) is 19.1. The highest BCUT2D eigenvalue weighted by atomic mass is 19.4. The van der Waals surface area contributed by atoms with Crippen LogP contribution >= 0.6 is 0 Å². The SMILES string of the molecule is Cc1cc(C(O)C(O)CCNC(=O)OCC2c3ccccc3-c3ccccc32)cc(C(F)(F)F)c1. The fourth-order valence-corrected chi connectivity index (χ4v) is 4.50. The molecule has 3 N–H and O–H groups in total. The van der Waals surface area contributed by atoms with Gasteiger partial charge in [0.15, 0.2) is 0 Å². The number of aryl methyl sites for hydroxylation is 1. The Morgan fingerprint density at radius 2 is 1.60 bits per heavy atom. The lowest BCUT2D eigenvalue weighted by molar-refractivity contribution is -0.137. The molecule has 184 valence electrons. The van der Waals surface area contributed by atoms with Crippen LogP contribution in [0.15, 0.2) is 66.7 Å². The van der Waals surface area contributed by atoms with Crippen LogP contribution in [0.3, 0.4) is 0 Å². The maximum atomic E-state index is 13.0. The standard InChI is InChI=1S/C27H26F3NO4/c1-16-12-17(14-18(13-16)27(28,29)30)25(33)24(32)10-11-31-26(34)35-15-23-21-8-4-2-6-19(21)20-7-3-5-9-22(20)23/h2-9,12-14,23-25,32-33H,10-11,15H2,1H3,(H,31,34). The highest BCUT2D eigenvalue weighted by Crippen LogP contribution is 2.44. The van der Waals surface area contributed by atoms with E-state index in [4.69, 9.17) is 4.74 Å². The zero-order valence-corrected chi connectivity index (χ0v) is 19.0. The molecule has 5 nitrogen and oxygen atoms in total. The van der Waals surface area contributed by atoms with Gasteiger partial charge in [-0.2, -0.15) is 13.2 Å². The Morgan fingerprint density at radius 3 is 2.20 bits per heavy atom. The van der Waals surface area contributed by atoms with Crippen LogP contribution < -0.4 is 5.32 Å². The molecule has 1 amide bonds. The first kappa shape index (κ1) is 24.8. The van der Waals surface area contributed by atoms with Crippen LogP contribution in [0, 0.1) is 6.92 Å². The molecule has 0 bridgehead atoms. The highest BCUT2D eigenvalue weighted by molar-refractivity contribution is 5.79. The second-order valence-corrected chi connectivity index (χ2v) is 8.68. The first-order chi connectivity index (χ1) is 16.6. The Balaban J connectivity index is 1.30. The number of aliphatic hydroxyl groups is 2. The molecule has 0 radical (unpaired) electrons. The van der Waals surface area contributed by atoms with Gasteiger partial charge in [0.2, 0.25) is 0 Å². The van der Waals surface area contributed by atoms with Crippen molar-refractivity contribution in [3.8, 4) is 11.1 Å². The molecule has 0 fully saturated rings. The first-order valence-electron chi connectivity index (χ1n) is 11.3. The molecule has 0 saturated carbocycles. The van der Waals surface area contributed by atoms with E-state index in [1.165, 1.54) is 13.0 Å². The van der Waals surface area contributed by atoms with Crippen LogP contribution in [0.2, 0.25) is 0 Å². The lowest BCUT2D eigenvalue weighted by Crippen LogP contribution is -2.30. The molecule has 35 heavy (non-hydrogen) atoms. The molecular weight excluding hydrogens is 459 g/mol. The van der Waals surface area contributed by atoms with E-state index < -0.39 is 30.0 Å². The monoisotopic (exact) mass is 485 g/mol. The molecule has 4 rings (SSSR count). The third-order valence-electron chi connectivity index (χ3n) is 6.19. The van der Waals surface area contributed by atoms with Crippen LogP contribution in [0.1, 0.15) is 46.3 Å². The molecule has 0 aliphatic heterocycles. The van der Waals surface area contributed by atoms with Crippen LogP contribution in [-0.4, -0.2) is 35.6 Å². The molecule has 2 unspecified atom stereocenters. The summed E-state index contributed by atoms with van der Waals surface area (Å²) in [5.41, 5.74) is 3.77. The number of rotatable bonds is 7. The number of carbonyl (C=O) groups is 1. The number of alkyl halides is 3. The van der Waals surface area contributed by atoms with Crippen molar-refractivity contribution in [2.75, 3.05) is 13.2 Å². The summed E-state index contributed by atoms with van der Waals surface area (Å²) in [5.74, 6) is -0.0929. The predicted octanol–water partition coefficient (Wildman–Crippen LogP) is 5.34.